The molecule has 0 radical (unpaired) electrons. The fourth-order valence-electron chi connectivity index (χ4n) is 2.79. The van der Waals surface area contributed by atoms with Gasteiger partial charge in [-0.25, -0.2) is 0 Å². The second-order valence-corrected chi connectivity index (χ2v) is 4.53. The van der Waals surface area contributed by atoms with E-state index in [2.05, 4.69) is 35.7 Å². The van der Waals surface area contributed by atoms with E-state index >= 15 is 0 Å². The van der Waals surface area contributed by atoms with Gasteiger partial charge in [0.05, 0.1) is 24.1 Å². The number of allylic oxidation sites excluding steroid dienone is 2. The molecule has 0 saturated carbocycles. The lowest BCUT2D eigenvalue weighted by atomic mass is 10.00. The van der Waals surface area contributed by atoms with E-state index in [-0.39, 0.29) is 0 Å². The topological polar surface area (TPSA) is 27.1 Å². The van der Waals surface area contributed by atoms with Gasteiger partial charge in [-0.05, 0) is 24.6 Å². The summed E-state index contributed by atoms with van der Waals surface area (Å²) in [4.78, 5) is 4.38. The number of fused-ring (bicyclic) bond motifs is 3. The average molecular weight is 228 g/mol. The predicted octanol–water partition coefficient (Wildman–Crippen LogP) is 2.51. The van der Waals surface area contributed by atoms with Crippen LogP contribution in [0.2, 0.25) is 0 Å². The lowest BCUT2D eigenvalue weighted by molar-refractivity contribution is 0.280. The van der Waals surface area contributed by atoms with Crippen LogP contribution in [-0.2, 0) is 24.6 Å². The number of rotatable bonds is 1. The maximum absolute atomic E-state index is 5.37. The second-order valence-electron chi connectivity index (χ2n) is 4.53. The molecule has 0 unspecified atom stereocenters. The van der Waals surface area contributed by atoms with E-state index < -0.39 is 0 Å². The van der Waals surface area contributed by atoms with Crippen LogP contribution in [0.1, 0.15) is 17.0 Å². The Hall–Kier alpha value is -1.77. The number of aromatic nitrogens is 2. The van der Waals surface area contributed by atoms with Crippen LogP contribution in [0.3, 0.4) is 0 Å². The highest BCUT2D eigenvalue weighted by Gasteiger charge is 2.20. The van der Waals surface area contributed by atoms with Gasteiger partial charge in [-0.1, -0.05) is 0 Å². The van der Waals surface area contributed by atoms with Crippen molar-refractivity contribution in [2.45, 2.75) is 19.8 Å². The SMILES string of the molecule is COC1=CCc2c(c3ccnc(C)c3n2C)C1. The summed E-state index contributed by atoms with van der Waals surface area (Å²) >= 11 is 0. The molecular weight excluding hydrogens is 212 g/mol. The van der Waals surface area contributed by atoms with E-state index in [0.717, 1.165) is 24.3 Å². The molecule has 17 heavy (non-hydrogen) atoms. The maximum Gasteiger partial charge on any atom is 0.0964 e. The largest absolute Gasteiger partial charge is 0.501 e. The predicted molar refractivity (Wildman–Crippen MR) is 68.0 cm³/mol. The first-order chi connectivity index (χ1) is 8.22. The summed E-state index contributed by atoms with van der Waals surface area (Å²) in [7, 11) is 3.87. The zero-order valence-electron chi connectivity index (χ0n) is 10.4. The maximum atomic E-state index is 5.37. The zero-order chi connectivity index (χ0) is 12.0. The Labute approximate surface area is 101 Å². The molecule has 0 spiro atoms. The van der Waals surface area contributed by atoms with Crippen LogP contribution >= 0.6 is 0 Å². The van der Waals surface area contributed by atoms with Crippen LogP contribution in [0, 0.1) is 6.92 Å². The fraction of sp³-hybridized carbons (Fsp3) is 0.357. The molecule has 3 nitrogen and oxygen atoms in total. The van der Waals surface area contributed by atoms with Crippen molar-refractivity contribution in [2.75, 3.05) is 7.11 Å². The molecule has 2 heterocycles. The summed E-state index contributed by atoms with van der Waals surface area (Å²) < 4.78 is 7.65. The van der Waals surface area contributed by atoms with E-state index in [0.29, 0.717) is 0 Å². The van der Waals surface area contributed by atoms with Crippen molar-refractivity contribution in [3.63, 3.8) is 0 Å². The summed E-state index contributed by atoms with van der Waals surface area (Å²) in [5.74, 6) is 1.07. The molecule has 1 aliphatic rings. The van der Waals surface area contributed by atoms with E-state index in [1.165, 1.54) is 22.2 Å². The van der Waals surface area contributed by atoms with Crippen molar-refractivity contribution < 1.29 is 4.74 Å². The normalized spacial score (nSPS) is 14.6. The van der Waals surface area contributed by atoms with Gasteiger partial charge in [0.15, 0.2) is 0 Å². The van der Waals surface area contributed by atoms with Crippen molar-refractivity contribution in [3.8, 4) is 0 Å². The molecule has 0 amide bonds. The van der Waals surface area contributed by atoms with Crippen LogP contribution in [0.4, 0.5) is 0 Å². The Bertz CT molecular complexity index is 623. The standard InChI is InChI=1S/C14H16N2O/c1-9-14-11(6-7-15-9)12-8-10(17-3)4-5-13(12)16(14)2/h4,6-7H,5,8H2,1-3H3. The van der Waals surface area contributed by atoms with Crippen LogP contribution in [0.25, 0.3) is 10.9 Å². The van der Waals surface area contributed by atoms with Crippen LogP contribution in [0.5, 0.6) is 0 Å². The third-order valence-corrected chi connectivity index (χ3v) is 3.66. The molecule has 0 aliphatic heterocycles. The summed E-state index contributed by atoms with van der Waals surface area (Å²) in [5, 5.41) is 1.32. The molecule has 0 N–H and O–H groups in total. The second kappa shape index (κ2) is 3.62. The number of pyridine rings is 1. The van der Waals surface area contributed by atoms with Crippen molar-refractivity contribution in [1.29, 1.82) is 0 Å². The van der Waals surface area contributed by atoms with Gasteiger partial charge in [-0.2, -0.15) is 0 Å². The van der Waals surface area contributed by atoms with Crippen LogP contribution in [0.15, 0.2) is 24.1 Å². The lowest BCUT2D eigenvalue weighted by Crippen LogP contribution is -2.06. The van der Waals surface area contributed by atoms with E-state index in [1.54, 1.807) is 7.11 Å². The minimum Gasteiger partial charge on any atom is -0.501 e. The Kier molecular flexibility index (Phi) is 2.21. The number of ether oxygens (including phenoxy) is 1. The van der Waals surface area contributed by atoms with Crippen LogP contribution in [-0.4, -0.2) is 16.7 Å². The Balaban J connectivity index is 2.29. The summed E-state index contributed by atoms with van der Waals surface area (Å²) in [5.41, 5.74) is 5.13. The quantitative estimate of drug-likeness (QED) is 0.750. The van der Waals surface area contributed by atoms with Crippen molar-refractivity contribution in [2.24, 2.45) is 7.05 Å². The smallest absolute Gasteiger partial charge is 0.0964 e. The average Bonchev–Trinajstić information content (AvgIpc) is 2.64. The van der Waals surface area contributed by atoms with E-state index in [9.17, 15) is 0 Å². The molecule has 2 aromatic heterocycles. The zero-order valence-corrected chi connectivity index (χ0v) is 10.4. The number of hydrogen-bond donors (Lipinski definition) is 0. The molecule has 3 rings (SSSR count). The van der Waals surface area contributed by atoms with E-state index in [1.807, 2.05) is 6.20 Å². The van der Waals surface area contributed by atoms with Gasteiger partial charge in [0, 0.05) is 37.2 Å². The highest BCUT2D eigenvalue weighted by Crippen LogP contribution is 2.32. The van der Waals surface area contributed by atoms with Gasteiger partial charge in [-0.15, -0.1) is 0 Å². The van der Waals surface area contributed by atoms with Gasteiger partial charge in [0.2, 0.25) is 0 Å². The van der Waals surface area contributed by atoms with Crippen molar-refractivity contribution >= 4 is 10.9 Å². The molecule has 2 aromatic rings. The fourth-order valence-corrected chi connectivity index (χ4v) is 2.79. The Morgan fingerprint density at radius 1 is 1.41 bits per heavy atom. The minimum absolute atomic E-state index is 0.895. The van der Waals surface area contributed by atoms with Gasteiger partial charge in [0.25, 0.3) is 0 Å². The first-order valence-corrected chi connectivity index (χ1v) is 5.87. The molecule has 88 valence electrons. The lowest BCUT2D eigenvalue weighted by Gasteiger charge is -2.14. The monoisotopic (exact) mass is 228 g/mol. The molecule has 0 aromatic carbocycles. The van der Waals surface area contributed by atoms with Gasteiger partial charge >= 0.3 is 0 Å². The van der Waals surface area contributed by atoms with Crippen LogP contribution < -0.4 is 0 Å². The van der Waals surface area contributed by atoms with Crippen molar-refractivity contribution in [1.82, 2.24) is 9.55 Å². The molecule has 0 atom stereocenters. The number of nitrogens with zero attached hydrogens (tertiary/aromatic N) is 2. The van der Waals surface area contributed by atoms with Gasteiger partial charge < -0.3 is 9.30 Å². The number of hydrogen-bond acceptors (Lipinski definition) is 2. The summed E-state index contributed by atoms with van der Waals surface area (Å²) in [6.07, 6.45) is 5.91. The Morgan fingerprint density at radius 2 is 2.24 bits per heavy atom. The molecular formula is C14H16N2O. The third kappa shape index (κ3) is 1.38. The molecule has 0 fully saturated rings. The number of aryl methyl sites for hydroxylation is 2. The highest BCUT2D eigenvalue weighted by atomic mass is 16.5. The highest BCUT2D eigenvalue weighted by molar-refractivity contribution is 5.87. The first-order valence-electron chi connectivity index (χ1n) is 5.87. The summed E-state index contributed by atoms with van der Waals surface area (Å²) in [6.45, 7) is 2.07. The molecule has 3 heteroatoms. The van der Waals surface area contributed by atoms with Gasteiger partial charge in [-0.3, -0.25) is 4.98 Å². The molecule has 1 aliphatic carbocycles. The van der Waals surface area contributed by atoms with Crippen molar-refractivity contribution in [3.05, 3.63) is 41.0 Å². The summed E-state index contributed by atoms with van der Waals surface area (Å²) in [6, 6.07) is 2.11. The molecule has 0 bridgehead atoms. The first kappa shape index (κ1) is 10.4. The molecule has 0 saturated heterocycles. The minimum atomic E-state index is 0.895. The van der Waals surface area contributed by atoms with Gasteiger partial charge in [0.1, 0.15) is 0 Å². The number of methoxy groups -OCH3 is 1. The Morgan fingerprint density at radius 3 is 3.00 bits per heavy atom. The van der Waals surface area contributed by atoms with E-state index in [4.69, 9.17) is 4.74 Å². The third-order valence-electron chi connectivity index (χ3n) is 3.66.